The highest BCUT2D eigenvalue weighted by atomic mass is 16.6. The van der Waals surface area contributed by atoms with E-state index in [0.29, 0.717) is 5.92 Å². The van der Waals surface area contributed by atoms with Crippen molar-refractivity contribution in [1.82, 2.24) is 5.32 Å². The van der Waals surface area contributed by atoms with Gasteiger partial charge in [0.2, 0.25) is 0 Å². The molecule has 0 aliphatic heterocycles. The molecule has 0 radical (unpaired) electrons. The minimum atomic E-state index is -0.866. The van der Waals surface area contributed by atoms with Crippen molar-refractivity contribution in [2.45, 2.75) is 77.9 Å². The van der Waals surface area contributed by atoms with Gasteiger partial charge >= 0.3 is 12.1 Å². The summed E-state index contributed by atoms with van der Waals surface area (Å²) in [6.45, 7) is 7.10. The molecule has 132 valence electrons. The van der Waals surface area contributed by atoms with E-state index in [1.807, 2.05) is 20.8 Å². The summed E-state index contributed by atoms with van der Waals surface area (Å²) in [6, 6.07) is -0.185. The molecule has 0 bridgehead atoms. The van der Waals surface area contributed by atoms with Crippen molar-refractivity contribution in [3.8, 4) is 0 Å². The number of hydrogen-bond donors (Lipinski definition) is 2. The van der Waals surface area contributed by atoms with Crippen molar-refractivity contribution < 1.29 is 19.4 Å². The molecule has 1 amide bonds. The summed E-state index contributed by atoms with van der Waals surface area (Å²) in [6.07, 6.45) is 9.94. The van der Waals surface area contributed by atoms with Crippen molar-refractivity contribution in [3.63, 3.8) is 0 Å². The Hall–Kier alpha value is -1.52. The number of hydrogen-bond acceptors (Lipinski definition) is 3. The van der Waals surface area contributed by atoms with Crippen LogP contribution in [-0.2, 0) is 9.53 Å². The molecule has 1 fully saturated rings. The van der Waals surface area contributed by atoms with Crippen molar-refractivity contribution >= 4 is 12.1 Å². The van der Waals surface area contributed by atoms with E-state index in [1.165, 1.54) is 32.1 Å². The largest absolute Gasteiger partial charge is 0.481 e. The fraction of sp³-hybridized carbons (Fsp3) is 0.778. The first-order valence-electron chi connectivity index (χ1n) is 8.58. The second-order valence-electron chi connectivity index (χ2n) is 7.50. The Kier molecular flexibility index (Phi) is 7.59. The number of nitrogens with one attached hydrogen (secondary N) is 1. The molecule has 5 nitrogen and oxygen atoms in total. The molecule has 0 aromatic carbocycles. The van der Waals surface area contributed by atoms with E-state index in [2.05, 4.69) is 5.32 Å². The summed E-state index contributed by atoms with van der Waals surface area (Å²) in [4.78, 5) is 23.0. The molecule has 1 aliphatic carbocycles. The number of carbonyl (C=O) groups excluding carboxylic acids is 1. The van der Waals surface area contributed by atoms with Gasteiger partial charge in [-0.25, -0.2) is 4.79 Å². The van der Waals surface area contributed by atoms with E-state index in [-0.39, 0.29) is 6.04 Å². The van der Waals surface area contributed by atoms with Gasteiger partial charge in [0.1, 0.15) is 5.60 Å². The van der Waals surface area contributed by atoms with Crippen LogP contribution in [0.4, 0.5) is 4.79 Å². The van der Waals surface area contributed by atoms with Crippen molar-refractivity contribution in [2.24, 2.45) is 11.8 Å². The monoisotopic (exact) mass is 325 g/mol. The van der Waals surface area contributed by atoms with Crippen LogP contribution in [0.25, 0.3) is 0 Å². The van der Waals surface area contributed by atoms with Gasteiger partial charge in [0, 0.05) is 0 Å². The zero-order chi connectivity index (χ0) is 17.5. The smallest absolute Gasteiger partial charge is 0.408 e. The van der Waals surface area contributed by atoms with Crippen LogP contribution in [0, 0.1) is 11.8 Å². The van der Waals surface area contributed by atoms with E-state index in [1.54, 1.807) is 19.1 Å². The number of carboxylic acids is 1. The molecular formula is C18H31NO4. The topological polar surface area (TPSA) is 75.6 Å². The molecule has 5 heteroatoms. The molecule has 2 N–H and O–H groups in total. The van der Waals surface area contributed by atoms with Crippen LogP contribution in [0.5, 0.6) is 0 Å². The van der Waals surface area contributed by atoms with Crippen molar-refractivity contribution in [1.29, 1.82) is 0 Å². The average Bonchev–Trinajstić information content (AvgIpc) is 2.43. The minimum absolute atomic E-state index is 0.185. The van der Waals surface area contributed by atoms with E-state index in [4.69, 9.17) is 9.84 Å². The molecule has 0 saturated heterocycles. The first-order chi connectivity index (χ1) is 10.7. The standard InChI is InChI=1S/C18H31NO4/c1-13(16(20)21)10-11-15(12-14-8-6-5-7-9-14)19-17(22)23-18(2,3)4/h10-11,13-15H,5-9,12H2,1-4H3,(H,19,22)(H,20,21)/b11-10+. The first kappa shape index (κ1) is 19.5. The number of rotatable bonds is 6. The van der Waals surface area contributed by atoms with E-state index in [0.717, 1.165) is 6.42 Å². The summed E-state index contributed by atoms with van der Waals surface area (Å²) in [5.74, 6) is -0.854. The Morgan fingerprint density at radius 1 is 1.22 bits per heavy atom. The summed E-state index contributed by atoms with van der Waals surface area (Å²) in [5.41, 5.74) is -0.544. The third kappa shape index (κ3) is 8.62. The van der Waals surface area contributed by atoms with Gasteiger partial charge in [0.15, 0.2) is 0 Å². The van der Waals surface area contributed by atoms with Gasteiger partial charge in [-0.15, -0.1) is 0 Å². The summed E-state index contributed by atoms with van der Waals surface area (Å²) < 4.78 is 5.31. The zero-order valence-electron chi connectivity index (χ0n) is 14.8. The fourth-order valence-electron chi connectivity index (χ4n) is 2.81. The Morgan fingerprint density at radius 2 is 1.83 bits per heavy atom. The molecule has 0 aromatic heterocycles. The van der Waals surface area contributed by atoms with Gasteiger partial charge in [-0.2, -0.15) is 0 Å². The fourth-order valence-corrected chi connectivity index (χ4v) is 2.81. The van der Waals surface area contributed by atoms with Gasteiger partial charge < -0.3 is 15.2 Å². The van der Waals surface area contributed by atoms with Crippen LogP contribution in [0.2, 0.25) is 0 Å². The van der Waals surface area contributed by atoms with Crippen LogP contribution < -0.4 is 5.32 Å². The number of carbonyl (C=O) groups is 2. The maximum Gasteiger partial charge on any atom is 0.408 e. The van der Waals surface area contributed by atoms with Gasteiger partial charge in [-0.3, -0.25) is 4.79 Å². The zero-order valence-corrected chi connectivity index (χ0v) is 14.8. The maximum atomic E-state index is 12.0. The van der Waals surface area contributed by atoms with Crippen molar-refractivity contribution in [2.75, 3.05) is 0 Å². The molecule has 0 heterocycles. The predicted molar refractivity (Wildman–Crippen MR) is 90.3 cm³/mol. The highest BCUT2D eigenvalue weighted by molar-refractivity contribution is 5.71. The molecule has 1 aliphatic rings. The minimum Gasteiger partial charge on any atom is -0.481 e. The Labute approximate surface area is 139 Å². The highest BCUT2D eigenvalue weighted by Crippen LogP contribution is 2.27. The number of aliphatic carboxylic acids is 1. The highest BCUT2D eigenvalue weighted by Gasteiger charge is 2.22. The first-order valence-corrected chi connectivity index (χ1v) is 8.58. The summed E-state index contributed by atoms with van der Waals surface area (Å²) in [5, 5.41) is 11.9. The van der Waals surface area contributed by atoms with Crippen LogP contribution in [0.1, 0.15) is 66.2 Å². The lowest BCUT2D eigenvalue weighted by Gasteiger charge is -2.27. The Morgan fingerprint density at radius 3 is 2.35 bits per heavy atom. The van der Waals surface area contributed by atoms with Crippen LogP contribution in [0.15, 0.2) is 12.2 Å². The SMILES string of the molecule is CC(/C=C/C(CC1CCCCC1)NC(=O)OC(C)(C)C)C(=O)O. The number of ether oxygens (including phenoxy) is 1. The normalized spacial score (nSPS) is 19.3. The third-order valence-electron chi connectivity index (χ3n) is 4.04. The molecular weight excluding hydrogens is 294 g/mol. The van der Waals surface area contributed by atoms with Gasteiger partial charge in [-0.05, 0) is 40.0 Å². The lowest BCUT2D eigenvalue weighted by atomic mass is 9.84. The van der Waals surface area contributed by atoms with E-state index >= 15 is 0 Å². The average molecular weight is 325 g/mol. The summed E-state index contributed by atoms with van der Waals surface area (Å²) in [7, 11) is 0. The molecule has 1 rings (SSSR count). The molecule has 2 unspecified atom stereocenters. The number of amides is 1. The molecule has 0 aromatic rings. The second-order valence-corrected chi connectivity index (χ2v) is 7.50. The molecule has 23 heavy (non-hydrogen) atoms. The maximum absolute atomic E-state index is 12.0. The van der Waals surface area contributed by atoms with Crippen LogP contribution in [0.3, 0.4) is 0 Å². The molecule has 0 spiro atoms. The molecule has 2 atom stereocenters. The summed E-state index contributed by atoms with van der Waals surface area (Å²) >= 11 is 0. The lowest BCUT2D eigenvalue weighted by Crippen LogP contribution is -2.39. The number of alkyl carbamates (subject to hydrolysis) is 1. The molecule has 1 saturated carbocycles. The second kappa shape index (κ2) is 8.94. The number of carboxylic acid groups (broad SMARTS) is 1. The van der Waals surface area contributed by atoms with Crippen molar-refractivity contribution in [3.05, 3.63) is 12.2 Å². The van der Waals surface area contributed by atoms with E-state index in [9.17, 15) is 9.59 Å². The Bertz CT molecular complexity index is 419. The predicted octanol–water partition coefficient (Wildman–Crippen LogP) is 4.13. The van der Waals surface area contributed by atoms with Crippen LogP contribution in [-0.4, -0.2) is 28.8 Å². The van der Waals surface area contributed by atoms with Gasteiger partial charge in [-0.1, -0.05) is 44.3 Å². The Balaban J connectivity index is 2.66. The van der Waals surface area contributed by atoms with Crippen LogP contribution >= 0.6 is 0 Å². The quantitative estimate of drug-likeness (QED) is 0.720. The van der Waals surface area contributed by atoms with Gasteiger partial charge in [0.25, 0.3) is 0 Å². The third-order valence-corrected chi connectivity index (χ3v) is 4.04. The van der Waals surface area contributed by atoms with Gasteiger partial charge in [0.05, 0.1) is 12.0 Å². The van der Waals surface area contributed by atoms with E-state index < -0.39 is 23.6 Å². The lowest BCUT2D eigenvalue weighted by molar-refractivity contribution is -0.139.